The van der Waals surface area contributed by atoms with Crippen molar-refractivity contribution in [3.63, 3.8) is 0 Å². The normalized spacial score (nSPS) is 45.9. The molecule has 0 aromatic carbocycles. The van der Waals surface area contributed by atoms with Crippen LogP contribution in [-0.2, 0) is 4.74 Å². The molecule has 1 aliphatic heterocycles. The van der Waals surface area contributed by atoms with Gasteiger partial charge in [0.1, 0.15) is 0 Å². The number of hydrogen-bond donors (Lipinski definition) is 2. The maximum Gasteiger partial charge on any atom is 0.0771 e. The Morgan fingerprint density at radius 1 is 1.05 bits per heavy atom. The van der Waals surface area contributed by atoms with Crippen molar-refractivity contribution in [3.8, 4) is 0 Å². The number of ether oxygens (including phenoxy) is 1. The summed E-state index contributed by atoms with van der Waals surface area (Å²) in [6.07, 6.45) is 11.7. The van der Waals surface area contributed by atoms with Crippen molar-refractivity contribution in [2.75, 3.05) is 13.2 Å². The van der Waals surface area contributed by atoms with E-state index in [9.17, 15) is 5.11 Å². The zero-order valence-corrected chi connectivity index (χ0v) is 13.0. The van der Waals surface area contributed by atoms with E-state index in [0.717, 1.165) is 31.9 Å². The highest BCUT2D eigenvalue weighted by Crippen LogP contribution is 2.39. The second-order valence-electron chi connectivity index (χ2n) is 7.70. The van der Waals surface area contributed by atoms with E-state index in [1.807, 2.05) is 0 Å². The molecular formula is C17H31NO2. The molecule has 3 nitrogen and oxygen atoms in total. The number of nitrogens with one attached hydrogen (secondary N) is 1. The van der Waals surface area contributed by atoms with Crippen molar-refractivity contribution in [1.82, 2.24) is 5.32 Å². The Kier molecular flexibility index (Phi) is 4.40. The van der Waals surface area contributed by atoms with Gasteiger partial charge in [0, 0.05) is 19.2 Å². The Hall–Kier alpha value is -0.120. The highest BCUT2D eigenvalue weighted by molar-refractivity contribution is 4.94. The molecule has 0 amide bonds. The standard InChI is InChI=1S/C17H31NO2/c1-14-3-8-16(19,9-4-14)13-18-15-5-10-17(11-6-15)7-2-12-20-17/h14-15,18-19H,2-13H2,1H3. The topological polar surface area (TPSA) is 41.5 Å². The lowest BCUT2D eigenvalue weighted by Gasteiger charge is -2.40. The first kappa shape index (κ1) is 14.8. The SMILES string of the molecule is CC1CCC(O)(CNC2CCC3(CCCO3)CC2)CC1. The summed E-state index contributed by atoms with van der Waals surface area (Å²) >= 11 is 0. The van der Waals surface area contributed by atoms with Crippen LogP contribution >= 0.6 is 0 Å². The van der Waals surface area contributed by atoms with E-state index < -0.39 is 5.60 Å². The lowest BCUT2D eigenvalue weighted by Crippen LogP contribution is -2.48. The van der Waals surface area contributed by atoms with Crippen molar-refractivity contribution in [3.05, 3.63) is 0 Å². The largest absolute Gasteiger partial charge is 0.389 e. The summed E-state index contributed by atoms with van der Waals surface area (Å²) in [5.74, 6) is 0.796. The van der Waals surface area contributed by atoms with E-state index in [1.165, 1.54) is 51.4 Å². The van der Waals surface area contributed by atoms with E-state index in [0.29, 0.717) is 6.04 Å². The second kappa shape index (κ2) is 5.94. The van der Waals surface area contributed by atoms with Gasteiger partial charge in [0.15, 0.2) is 0 Å². The fourth-order valence-electron chi connectivity index (χ4n) is 4.31. The second-order valence-corrected chi connectivity index (χ2v) is 7.70. The van der Waals surface area contributed by atoms with Crippen LogP contribution in [-0.4, -0.2) is 35.5 Å². The van der Waals surface area contributed by atoms with Crippen molar-refractivity contribution in [2.24, 2.45) is 5.92 Å². The monoisotopic (exact) mass is 281 g/mol. The highest BCUT2D eigenvalue weighted by atomic mass is 16.5. The van der Waals surface area contributed by atoms with Gasteiger partial charge in [0.2, 0.25) is 0 Å². The molecule has 2 aliphatic carbocycles. The summed E-state index contributed by atoms with van der Waals surface area (Å²) in [5, 5.41) is 14.3. The van der Waals surface area contributed by atoms with Crippen LogP contribution in [0.4, 0.5) is 0 Å². The van der Waals surface area contributed by atoms with Gasteiger partial charge in [-0.2, -0.15) is 0 Å². The van der Waals surface area contributed by atoms with Crippen LogP contribution in [0.5, 0.6) is 0 Å². The number of hydrogen-bond acceptors (Lipinski definition) is 3. The minimum atomic E-state index is -0.439. The smallest absolute Gasteiger partial charge is 0.0771 e. The fourth-order valence-corrected chi connectivity index (χ4v) is 4.31. The first-order chi connectivity index (χ1) is 9.59. The van der Waals surface area contributed by atoms with Crippen LogP contribution in [0, 0.1) is 5.92 Å². The molecule has 3 aliphatic rings. The Morgan fingerprint density at radius 2 is 1.75 bits per heavy atom. The molecule has 0 bridgehead atoms. The molecule has 0 atom stereocenters. The zero-order valence-electron chi connectivity index (χ0n) is 13.0. The van der Waals surface area contributed by atoms with Crippen molar-refractivity contribution >= 4 is 0 Å². The maximum absolute atomic E-state index is 10.6. The molecule has 116 valence electrons. The molecule has 2 N–H and O–H groups in total. The summed E-state index contributed by atoms with van der Waals surface area (Å²) in [6.45, 7) is 4.06. The first-order valence-electron chi connectivity index (χ1n) is 8.69. The summed E-state index contributed by atoms with van der Waals surface area (Å²) in [7, 11) is 0. The fraction of sp³-hybridized carbons (Fsp3) is 1.00. The van der Waals surface area contributed by atoms with E-state index in [2.05, 4.69) is 12.2 Å². The molecule has 3 fully saturated rings. The van der Waals surface area contributed by atoms with Crippen LogP contribution < -0.4 is 5.32 Å². The van der Waals surface area contributed by atoms with Gasteiger partial charge in [0.25, 0.3) is 0 Å². The third kappa shape index (κ3) is 3.37. The van der Waals surface area contributed by atoms with Gasteiger partial charge in [0.05, 0.1) is 11.2 Å². The van der Waals surface area contributed by atoms with Crippen LogP contribution in [0.15, 0.2) is 0 Å². The molecule has 2 saturated carbocycles. The lowest BCUT2D eigenvalue weighted by molar-refractivity contribution is -0.0365. The molecule has 3 rings (SSSR count). The Bertz CT molecular complexity index is 307. The summed E-state index contributed by atoms with van der Waals surface area (Å²) in [5.41, 5.74) is -0.207. The molecular weight excluding hydrogens is 250 g/mol. The minimum Gasteiger partial charge on any atom is -0.389 e. The Balaban J connectivity index is 1.41. The van der Waals surface area contributed by atoms with Crippen LogP contribution in [0.25, 0.3) is 0 Å². The molecule has 3 heteroatoms. The molecule has 0 aromatic heterocycles. The molecule has 20 heavy (non-hydrogen) atoms. The summed E-state index contributed by atoms with van der Waals surface area (Å²) in [4.78, 5) is 0. The lowest BCUT2D eigenvalue weighted by atomic mass is 9.78. The molecule has 1 heterocycles. The van der Waals surface area contributed by atoms with E-state index in [-0.39, 0.29) is 5.60 Å². The first-order valence-corrected chi connectivity index (χ1v) is 8.69. The average Bonchev–Trinajstić information content (AvgIpc) is 2.91. The van der Waals surface area contributed by atoms with E-state index in [1.54, 1.807) is 0 Å². The Morgan fingerprint density at radius 3 is 2.35 bits per heavy atom. The van der Waals surface area contributed by atoms with Gasteiger partial charge >= 0.3 is 0 Å². The molecule has 0 unspecified atom stereocenters. The van der Waals surface area contributed by atoms with Gasteiger partial charge in [-0.3, -0.25) is 0 Å². The van der Waals surface area contributed by atoms with Gasteiger partial charge < -0.3 is 15.2 Å². The Labute approximate surface area is 123 Å². The predicted octanol–water partition coefficient (Wildman–Crippen LogP) is 3.01. The minimum absolute atomic E-state index is 0.232. The third-order valence-electron chi connectivity index (χ3n) is 6.01. The van der Waals surface area contributed by atoms with Gasteiger partial charge in [-0.25, -0.2) is 0 Å². The van der Waals surface area contributed by atoms with E-state index in [4.69, 9.17) is 4.74 Å². The zero-order chi connectivity index (χ0) is 14.1. The summed E-state index contributed by atoms with van der Waals surface area (Å²) < 4.78 is 5.98. The number of rotatable bonds is 3. The van der Waals surface area contributed by atoms with Crippen LogP contribution in [0.1, 0.15) is 71.1 Å². The van der Waals surface area contributed by atoms with Gasteiger partial charge in [-0.05, 0) is 70.1 Å². The molecule has 1 saturated heterocycles. The molecule has 0 radical (unpaired) electrons. The van der Waals surface area contributed by atoms with Crippen molar-refractivity contribution in [1.29, 1.82) is 0 Å². The quantitative estimate of drug-likeness (QED) is 0.835. The molecule has 0 aromatic rings. The maximum atomic E-state index is 10.6. The number of aliphatic hydroxyl groups is 1. The van der Waals surface area contributed by atoms with Crippen molar-refractivity contribution < 1.29 is 9.84 Å². The third-order valence-corrected chi connectivity index (χ3v) is 6.01. The van der Waals surface area contributed by atoms with Crippen molar-refractivity contribution in [2.45, 2.75) is 88.4 Å². The summed E-state index contributed by atoms with van der Waals surface area (Å²) in [6, 6.07) is 0.591. The van der Waals surface area contributed by atoms with E-state index >= 15 is 0 Å². The average molecular weight is 281 g/mol. The van der Waals surface area contributed by atoms with Crippen LogP contribution in [0.2, 0.25) is 0 Å². The van der Waals surface area contributed by atoms with Crippen LogP contribution in [0.3, 0.4) is 0 Å². The van der Waals surface area contributed by atoms with Gasteiger partial charge in [-0.15, -0.1) is 0 Å². The highest BCUT2D eigenvalue weighted by Gasteiger charge is 2.39. The van der Waals surface area contributed by atoms with Gasteiger partial charge in [-0.1, -0.05) is 6.92 Å². The predicted molar refractivity (Wildman–Crippen MR) is 80.8 cm³/mol. The molecule has 1 spiro atoms.